The summed E-state index contributed by atoms with van der Waals surface area (Å²) in [4.78, 5) is 3.98. The highest BCUT2D eigenvalue weighted by atomic mass is 35.5. The Bertz CT molecular complexity index is 811. The number of rotatable bonds is 3. The lowest BCUT2D eigenvalue weighted by molar-refractivity contribution is 0.0348. The molecular formula is C21H25ClN2O. The van der Waals surface area contributed by atoms with Crippen LogP contribution in [0.25, 0.3) is 6.08 Å². The number of likely N-dealkylation sites (N-methyl/N-ethyl adjacent to an activating group) is 1. The molecule has 132 valence electrons. The quantitative estimate of drug-likeness (QED) is 0.874. The number of hydrogen-bond acceptors (Lipinski definition) is 3. The number of nitrogens with zero attached hydrogens (tertiary/aromatic N) is 2. The van der Waals surface area contributed by atoms with E-state index < -0.39 is 11.1 Å². The first kappa shape index (κ1) is 17.8. The molecule has 0 bridgehead atoms. The van der Waals surface area contributed by atoms with Crippen molar-refractivity contribution < 1.29 is 5.11 Å². The van der Waals surface area contributed by atoms with Crippen LogP contribution in [0.4, 0.5) is 11.4 Å². The van der Waals surface area contributed by atoms with E-state index in [1.165, 1.54) is 0 Å². The molecule has 0 amide bonds. The average Bonchev–Trinajstić information content (AvgIpc) is 2.72. The van der Waals surface area contributed by atoms with E-state index >= 15 is 0 Å². The van der Waals surface area contributed by atoms with Crippen molar-refractivity contribution in [1.29, 1.82) is 0 Å². The molecular weight excluding hydrogens is 332 g/mol. The highest BCUT2D eigenvalue weighted by Gasteiger charge is 2.53. The van der Waals surface area contributed by atoms with Gasteiger partial charge in [-0.2, -0.15) is 0 Å². The van der Waals surface area contributed by atoms with Gasteiger partial charge in [-0.1, -0.05) is 43.7 Å². The van der Waals surface area contributed by atoms with Gasteiger partial charge < -0.3 is 14.9 Å². The second-order valence-electron chi connectivity index (χ2n) is 7.39. The van der Waals surface area contributed by atoms with Gasteiger partial charge in [-0.05, 0) is 47.5 Å². The Morgan fingerprint density at radius 2 is 1.72 bits per heavy atom. The van der Waals surface area contributed by atoms with E-state index in [4.69, 9.17) is 11.6 Å². The standard InChI is InChI=1S/C21H25ClN2O/c1-20(2)18-14-16(22)8-11-19(18)24(5)21(20,25)13-12-15-6-9-17(10-7-15)23(3)4/h6-14,25H,1-5H3/b13-12+. The summed E-state index contributed by atoms with van der Waals surface area (Å²) in [6.45, 7) is 4.09. The van der Waals surface area contributed by atoms with Crippen molar-refractivity contribution in [3.05, 3.63) is 64.7 Å². The molecule has 3 nitrogen and oxygen atoms in total. The molecule has 0 radical (unpaired) electrons. The first-order valence-electron chi connectivity index (χ1n) is 8.40. The first-order valence-corrected chi connectivity index (χ1v) is 8.77. The van der Waals surface area contributed by atoms with Crippen LogP contribution < -0.4 is 9.80 Å². The predicted octanol–water partition coefficient (Wildman–Crippen LogP) is 4.54. The van der Waals surface area contributed by atoms with Gasteiger partial charge in [-0.15, -0.1) is 0 Å². The average molecular weight is 357 g/mol. The molecule has 0 aromatic heterocycles. The number of benzene rings is 2. The lowest BCUT2D eigenvalue weighted by Gasteiger charge is -2.39. The minimum absolute atomic E-state index is 0.484. The lowest BCUT2D eigenvalue weighted by atomic mass is 9.77. The Morgan fingerprint density at radius 3 is 2.32 bits per heavy atom. The van der Waals surface area contributed by atoms with Gasteiger partial charge >= 0.3 is 0 Å². The van der Waals surface area contributed by atoms with Crippen molar-refractivity contribution in [3.8, 4) is 0 Å². The lowest BCUT2D eigenvalue weighted by Crippen LogP contribution is -2.52. The number of fused-ring (bicyclic) bond motifs is 1. The number of anilines is 2. The highest BCUT2D eigenvalue weighted by Crippen LogP contribution is 2.51. The summed E-state index contributed by atoms with van der Waals surface area (Å²) in [5.74, 6) is 0. The van der Waals surface area contributed by atoms with Gasteiger partial charge in [0.2, 0.25) is 0 Å². The zero-order valence-electron chi connectivity index (χ0n) is 15.4. The molecule has 3 rings (SSSR count). The van der Waals surface area contributed by atoms with Crippen LogP contribution in [0.5, 0.6) is 0 Å². The minimum atomic E-state index is -1.12. The molecule has 1 unspecified atom stereocenters. The molecule has 0 aliphatic carbocycles. The number of halogens is 1. The Balaban J connectivity index is 1.96. The highest BCUT2D eigenvalue weighted by molar-refractivity contribution is 6.30. The molecule has 2 aromatic carbocycles. The zero-order chi connectivity index (χ0) is 18.4. The maximum absolute atomic E-state index is 11.5. The van der Waals surface area contributed by atoms with Crippen LogP contribution in [0, 0.1) is 0 Å². The van der Waals surface area contributed by atoms with Crippen molar-refractivity contribution in [3.63, 3.8) is 0 Å². The Kier molecular flexibility index (Phi) is 4.34. The molecule has 0 fully saturated rings. The van der Waals surface area contributed by atoms with Crippen LogP contribution >= 0.6 is 11.6 Å². The number of aliphatic hydroxyl groups is 1. The molecule has 0 saturated heterocycles. The van der Waals surface area contributed by atoms with Crippen molar-refractivity contribution in [2.24, 2.45) is 0 Å². The number of hydrogen-bond donors (Lipinski definition) is 1. The maximum atomic E-state index is 11.5. The normalized spacial score (nSPS) is 21.6. The third-order valence-electron chi connectivity index (χ3n) is 5.34. The summed E-state index contributed by atoms with van der Waals surface area (Å²) >= 11 is 6.18. The van der Waals surface area contributed by atoms with Gasteiger partial charge in [0.15, 0.2) is 5.72 Å². The summed E-state index contributed by atoms with van der Waals surface area (Å²) in [6, 6.07) is 14.0. The fourth-order valence-corrected chi connectivity index (χ4v) is 3.69. The minimum Gasteiger partial charge on any atom is -0.378 e. The van der Waals surface area contributed by atoms with Crippen LogP contribution in [0.3, 0.4) is 0 Å². The van der Waals surface area contributed by atoms with E-state index in [-0.39, 0.29) is 0 Å². The van der Waals surface area contributed by atoms with E-state index in [0.29, 0.717) is 5.02 Å². The van der Waals surface area contributed by atoms with Crippen LogP contribution in [-0.2, 0) is 5.41 Å². The van der Waals surface area contributed by atoms with Gasteiger partial charge in [0.1, 0.15) is 0 Å². The van der Waals surface area contributed by atoms with Crippen molar-refractivity contribution in [1.82, 2.24) is 0 Å². The van der Waals surface area contributed by atoms with Crippen LogP contribution in [0.2, 0.25) is 5.02 Å². The Morgan fingerprint density at radius 1 is 1.08 bits per heavy atom. The zero-order valence-corrected chi connectivity index (χ0v) is 16.2. The largest absolute Gasteiger partial charge is 0.378 e. The van der Waals surface area contributed by atoms with Crippen molar-refractivity contribution in [2.75, 3.05) is 30.9 Å². The van der Waals surface area contributed by atoms with Gasteiger partial charge in [0.25, 0.3) is 0 Å². The second-order valence-corrected chi connectivity index (χ2v) is 7.83. The molecule has 1 atom stereocenters. The van der Waals surface area contributed by atoms with Crippen LogP contribution in [0.1, 0.15) is 25.0 Å². The van der Waals surface area contributed by atoms with E-state index in [0.717, 1.165) is 22.5 Å². The first-order chi connectivity index (χ1) is 11.7. The summed E-state index contributed by atoms with van der Waals surface area (Å²) in [5.41, 5.74) is 2.65. The second kappa shape index (κ2) is 6.08. The molecule has 1 heterocycles. The smallest absolute Gasteiger partial charge is 0.166 e. The third kappa shape index (κ3) is 2.82. The molecule has 2 aromatic rings. The molecule has 0 saturated carbocycles. The predicted molar refractivity (Wildman–Crippen MR) is 108 cm³/mol. The van der Waals surface area contributed by atoms with Crippen molar-refractivity contribution >= 4 is 29.1 Å². The monoisotopic (exact) mass is 356 g/mol. The summed E-state index contributed by atoms with van der Waals surface area (Å²) in [5, 5.41) is 12.2. The van der Waals surface area contributed by atoms with Crippen LogP contribution in [-0.4, -0.2) is 32.0 Å². The maximum Gasteiger partial charge on any atom is 0.166 e. The molecule has 1 aliphatic rings. The fraction of sp³-hybridized carbons (Fsp3) is 0.333. The van der Waals surface area contributed by atoms with Crippen molar-refractivity contribution in [2.45, 2.75) is 25.0 Å². The summed E-state index contributed by atoms with van der Waals surface area (Å²) < 4.78 is 0. The third-order valence-corrected chi connectivity index (χ3v) is 5.58. The summed E-state index contributed by atoms with van der Waals surface area (Å²) in [6.07, 6.45) is 3.86. The van der Waals surface area contributed by atoms with Gasteiger partial charge in [0.05, 0.1) is 0 Å². The Hall–Kier alpha value is -1.97. The molecule has 25 heavy (non-hydrogen) atoms. The van der Waals surface area contributed by atoms with Gasteiger partial charge in [-0.3, -0.25) is 0 Å². The van der Waals surface area contributed by atoms with Gasteiger partial charge in [0, 0.05) is 43.0 Å². The van der Waals surface area contributed by atoms with E-state index in [1.807, 2.05) is 70.2 Å². The SMILES string of the molecule is CN(C)c1ccc(/C=C/C2(O)N(C)c3ccc(Cl)cc3C2(C)C)cc1. The topological polar surface area (TPSA) is 26.7 Å². The van der Waals surface area contributed by atoms with E-state index in [2.05, 4.69) is 29.2 Å². The molecule has 1 aliphatic heterocycles. The van der Waals surface area contributed by atoms with Crippen LogP contribution in [0.15, 0.2) is 48.5 Å². The molecule has 0 spiro atoms. The van der Waals surface area contributed by atoms with E-state index in [9.17, 15) is 5.11 Å². The summed E-state index contributed by atoms with van der Waals surface area (Å²) in [7, 11) is 5.96. The van der Waals surface area contributed by atoms with Gasteiger partial charge in [-0.25, -0.2) is 0 Å². The van der Waals surface area contributed by atoms with E-state index in [1.54, 1.807) is 0 Å². The molecule has 4 heteroatoms. The fourth-order valence-electron chi connectivity index (χ4n) is 3.52. The molecule has 1 N–H and O–H groups in total. The Labute approximate surface area is 155 Å².